The molecule has 138 valence electrons. The molecule has 0 amide bonds. The van der Waals surface area contributed by atoms with Gasteiger partial charge in [-0.3, -0.25) is 13.9 Å². The third-order valence-corrected chi connectivity index (χ3v) is 4.25. The Balaban J connectivity index is 2.56. The molecule has 8 nitrogen and oxygen atoms in total. The van der Waals surface area contributed by atoms with Gasteiger partial charge in [0.1, 0.15) is 11.9 Å². The zero-order valence-electron chi connectivity index (χ0n) is 15.6. The number of hydrogen-bond acceptors (Lipinski definition) is 6. The lowest BCUT2D eigenvalue weighted by atomic mass is 10.1. The predicted molar refractivity (Wildman–Crippen MR) is 97.9 cm³/mol. The van der Waals surface area contributed by atoms with Gasteiger partial charge in [0.25, 0.3) is 5.56 Å². The van der Waals surface area contributed by atoms with Crippen LogP contribution in [0.4, 0.5) is 5.82 Å². The number of anilines is 1. The van der Waals surface area contributed by atoms with Crippen molar-refractivity contribution in [2.75, 3.05) is 25.7 Å². The summed E-state index contributed by atoms with van der Waals surface area (Å²) in [4.78, 5) is 26.4. The zero-order valence-corrected chi connectivity index (χ0v) is 15.6. The lowest BCUT2D eigenvalue weighted by Crippen LogP contribution is -2.42. The van der Waals surface area contributed by atoms with E-state index >= 15 is 0 Å². The largest absolute Gasteiger partial charge is 0.493 e. The van der Waals surface area contributed by atoms with Gasteiger partial charge in [-0.1, -0.05) is 6.07 Å². The average Bonchev–Trinajstić information content (AvgIpc) is 2.67. The zero-order chi connectivity index (χ0) is 19.4. The third kappa shape index (κ3) is 3.28. The first-order chi connectivity index (χ1) is 12.4. The number of methoxy groups -OCH3 is 2. The number of nitriles is 1. The van der Waals surface area contributed by atoms with E-state index in [-0.39, 0.29) is 5.56 Å². The third-order valence-electron chi connectivity index (χ3n) is 4.25. The molecular formula is C18H22N4O4. The second kappa shape index (κ2) is 7.78. The van der Waals surface area contributed by atoms with Crippen molar-refractivity contribution in [3.05, 3.63) is 50.2 Å². The minimum Gasteiger partial charge on any atom is -0.493 e. The molecule has 2 rings (SSSR count). The van der Waals surface area contributed by atoms with E-state index in [1.54, 1.807) is 27.3 Å². The van der Waals surface area contributed by atoms with Crippen LogP contribution in [0.25, 0.3) is 0 Å². The average molecular weight is 358 g/mol. The summed E-state index contributed by atoms with van der Waals surface area (Å²) >= 11 is 0. The van der Waals surface area contributed by atoms with Gasteiger partial charge < -0.3 is 14.4 Å². The first-order valence-electron chi connectivity index (χ1n) is 8.05. The molecule has 0 radical (unpaired) electrons. The lowest BCUT2D eigenvalue weighted by molar-refractivity contribution is 0.354. The van der Waals surface area contributed by atoms with Crippen molar-refractivity contribution in [1.82, 2.24) is 9.13 Å². The van der Waals surface area contributed by atoms with Gasteiger partial charge in [0.2, 0.25) is 0 Å². The van der Waals surface area contributed by atoms with Gasteiger partial charge in [0.05, 0.1) is 14.2 Å². The van der Waals surface area contributed by atoms with Crippen LogP contribution in [-0.2, 0) is 20.6 Å². The number of aromatic nitrogens is 2. The molecule has 2 aromatic rings. The number of hydrogen-bond donors (Lipinski definition) is 0. The molecule has 26 heavy (non-hydrogen) atoms. The second-order valence-corrected chi connectivity index (χ2v) is 5.72. The van der Waals surface area contributed by atoms with Crippen LogP contribution in [-0.4, -0.2) is 29.9 Å². The summed E-state index contributed by atoms with van der Waals surface area (Å²) in [6.45, 7) is 2.79. The van der Waals surface area contributed by atoms with E-state index in [1.165, 1.54) is 11.6 Å². The number of nitrogens with zero attached hydrogens (tertiary/aromatic N) is 4. The second-order valence-electron chi connectivity index (χ2n) is 5.72. The highest BCUT2D eigenvalue weighted by Crippen LogP contribution is 2.28. The topological polar surface area (TPSA) is 89.5 Å². The Morgan fingerprint density at radius 3 is 2.31 bits per heavy atom. The smallest absolute Gasteiger partial charge is 0.332 e. The fraction of sp³-hybridized carbons (Fsp3) is 0.389. The molecule has 0 spiro atoms. The molecule has 0 N–H and O–H groups in total. The number of benzene rings is 1. The standard InChI is InChI=1S/C18H22N4O4/c1-6-22(11-12-7-8-14(25-4)15(9-12)26-5)16-13(10-19)17(23)21(3)18(24)20(16)2/h7-9H,6,11H2,1-5H3. The van der Waals surface area contributed by atoms with Crippen LogP contribution < -0.4 is 25.6 Å². The molecule has 0 fully saturated rings. The van der Waals surface area contributed by atoms with Crippen LogP contribution >= 0.6 is 0 Å². The predicted octanol–water partition coefficient (Wildman–Crippen LogP) is 0.999. The highest BCUT2D eigenvalue weighted by Gasteiger charge is 2.20. The summed E-state index contributed by atoms with van der Waals surface area (Å²) in [6.07, 6.45) is 0. The summed E-state index contributed by atoms with van der Waals surface area (Å²) in [7, 11) is 6.03. The highest BCUT2D eigenvalue weighted by atomic mass is 16.5. The van der Waals surface area contributed by atoms with Crippen molar-refractivity contribution in [3.63, 3.8) is 0 Å². The maximum atomic E-state index is 12.3. The lowest BCUT2D eigenvalue weighted by Gasteiger charge is -2.26. The molecule has 0 aliphatic carbocycles. The van der Waals surface area contributed by atoms with Crippen molar-refractivity contribution >= 4 is 5.82 Å². The Bertz CT molecular complexity index is 969. The SMILES string of the molecule is CCN(Cc1ccc(OC)c(OC)c1)c1c(C#N)c(=O)n(C)c(=O)n1C. The Morgan fingerprint density at radius 2 is 1.77 bits per heavy atom. The molecule has 0 aliphatic rings. The summed E-state index contributed by atoms with van der Waals surface area (Å²) in [5, 5.41) is 9.46. The summed E-state index contributed by atoms with van der Waals surface area (Å²) in [5.74, 6) is 1.50. The molecule has 1 aromatic heterocycles. The van der Waals surface area contributed by atoms with Gasteiger partial charge in [-0.25, -0.2) is 4.79 Å². The highest BCUT2D eigenvalue weighted by molar-refractivity contribution is 5.54. The first kappa shape index (κ1) is 19.1. The summed E-state index contributed by atoms with van der Waals surface area (Å²) < 4.78 is 12.8. The van der Waals surface area contributed by atoms with E-state index < -0.39 is 11.2 Å². The van der Waals surface area contributed by atoms with E-state index in [1.807, 2.05) is 30.0 Å². The monoisotopic (exact) mass is 358 g/mol. The Kier molecular flexibility index (Phi) is 5.72. The molecule has 8 heteroatoms. The van der Waals surface area contributed by atoms with Gasteiger partial charge in [0.15, 0.2) is 17.1 Å². The maximum Gasteiger partial charge on any atom is 0.332 e. The molecule has 0 bridgehead atoms. The van der Waals surface area contributed by atoms with Gasteiger partial charge in [0, 0.05) is 27.2 Å². The molecule has 0 atom stereocenters. The van der Waals surface area contributed by atoms with E-state index in [2.05, 4.69) is 0 Å². The Hall–Kier alpha value is -3.21. The van der Waals surface area contributed by atoms with E-state index in [4.69, 9.17) is 9.47 Å². The van der Waals surface area contributed by atoms with Crippen molar-refractivity contribution in [2.45, 2.75) is 13.5 Å². The number of rotatable bonds is 6. The molecule has 0 saturated carbocycles. The quantitative estimate of drug-likeness (QED) is 0.765. The van der Waals surface area contributed by atoms with Gasteiger partial charge >= 0.3 is 5.69 Å². The minimum absolute atomic E-state index is 0.0584. The molecule has 1 heterocycles. The fourth-order valence-corrected chi connectivity index (χ4v) is 2.84. The summed E-state index contributed by atoms with van der Waals surface area (Å²) in [5.41, 5.74) is -0.246. The first-order valence-corrected chi connectivity index (χ1v) is 8.05. The van der Waals surface area contributed by atoms with Crippen LogP contribution in [0.2, 0.25) is 0 Å². The van der Waals surface area contributed by atoms with Crippen LogP contribution in [0.1, 0.15) is 18.1 Å². The molecule has 0 aliphatic heterocycles. The van der Waals surface area contributed by atoms with E-state index in [0.29, 0.717) is 30.4 Å². The van der Waals surface area contributed by atoms with Crippen LogP contribution in [0.5, 0.6) is 11.5 Å². The minimum atomic E-state index is -0.601. The van der Waals surface area contributed by atoms with Crippen LogP contribution in [0, 0.1) is 11.3 Å². The summed E-state index contributed by atoms with van der Waals surface area (Å²) in [6, 6.07) is 7.42. The van der Waals surface area contributed by atoms with Crippen LogP contribution in [0.3, 0.4) is 0 Å². The van der Waals surface area contributed by atoms with Crippen molar-refractivity contribution in [1.29, 1.82) is 5.26 Å². The van der Waals surface area contributed by atoms with Crippen LogP contribution in [0.15, 0.2) is 27.8 Å². The van der Waals surface area contributed by atoms with Crippen molar-refractivity contribution in [3.8, 4) is 17.6 Å². The molecule has 1 aromatic carbocycles. The van der Waals surface area contributed by atoms with E-state index in [9.17, 15) is 14.9 Å². The number of ether oxygens (including phenoxy) is 2. The molecular weight excluding hydrogens is 336 g/mol. The Morgan fingerprint density at radius 1 is 1.12 bits per heavy atom. The van der Waals surface area contributed by atoms with Crippen molar-refractivity contribution in [2.24, 2.45) is 14.1 Å². The maximum absolute atomic E-state index is 12.3. The van der Waals surface area contributed by atoms with E-state index in [0.717, 1.165) is 10.1 Å². The van der Waals surface area contributed by atoms with Gasteiger partial charge in [-0.2, -0.15) is 5.26 Å². The van der Waals surface area contributed by atoms with Crippen molar-refractivity contribution < 1.29 is 9.47 Å². The molecule has 0 unspecified atom stereocenters. The Labute approximate surface area is 151 Å². The normalized spacial score (nSPS) is 10.3. The fourth-order valence-electron chi connectivity index (χ4n) is 2.84. The van der Waals surface area contributed by atoms with Gasteiger partial charge in [-0.15, -0.1) is 0 Å². The molecule has 0 saturated heterocycles. The van der Waals surface area contributed by atoms with Gasteiger partial charge in [-0.05, 0) is 24.6 Å².